The van der Waals surface area contributed by atoms with Crippen LogP contribution >= 0.6 is 23.2 Å². The van der Waals surface area contributed by atoms with E-state index in [1.807, 2.05) is 42.5 Å². The highest BCUT2D eigenvalue weighted by Gasteiger charge is 2.37. The number of nitrogens with zero attached hydrogens (tertiary/aromatic N) is 1. The maximum absolute atomic E-state index is 11.9. The van der Waals surface area contributed by atoms with Crippen molar-refractivity contribution in [1.29, 1.82) is 0 Å². The Kier molecular flexibility index (Phi) is 7.43. The number of esters is 1. The van der Waals surface area contributed by atoms with Crippen LogP contribution < -0.4 is 4.74 Å². The third kappa shape index (κ3) is 5.33. The van der Waals surface area contributed by atoms with Gasteiger partial charge in [0.25, 0.3) is 0 Å². The van der Waals surface area contributed by atoms with Crippen molar-refractivity contribution in [1.82, 2.24) is 4.90 Å². The zero-order chi connectivity index (χ0) is 26.1. The maximum Gasteiger partial charge on any atom is 0.337 e. The molecule has 1 heterocycles. The fourth-order valence-corrected chi connectivity index (χ4v) is 6.00. The molecular weight excluding hydrogens is 505 g/mol. The van der Waals surface area contributed by atoms with Gasteiger partial charge in [0.15, 0.2) is 0 Å². The Labute approximate surface area is 227 Å². The molecular formula is C31H29Cl2NO3. The second-order valence-electron chi connectivity index (χ2n) is 9.61. The van der Waals surface area contributed by atoms with Gasteiger partial charge < -0.3 is 9.47 Å². The number of hydrogen-bond donors (Lipinski definition) is 0. The second-order valence-corrected chi connectivity index (χ2v) is 10.5. The smallest absolute Gasteiger partial charge is 0.337 e. The molecule has 4 aromatic carbocycles. The molecule has 4 nitrogen and oxygen atoms in total. The van der Waals surface area contributed by atoms with E-state index in [1.165, 1.54) is 18.1 Å². The van der Waals surface area contributed by atoms with Gasteiger partial charge in [0.2, 0.25) is 0 Å². The van der Waals surface area contributed by atoms with Crippen LogP contribution in [0.15, 0.2) is 78.9 Å². The minimum atomic E-state index is -0.330. The van der Waals surface area contributed by atoms with E-state index >= 15 is 0 Å². The number of likely N-dealkylation sites (tertiary alicyclic amines) is 1. The highest BCUT2D eigenvalue weighted by atomic mass is 35.5. The van der Waals surface area contributed by atoms with Crippen molar-refractivity contribution in [3.8, 4) is 5.75 Å². The van der Waals surface area contributed by atoms with Crippen LogP contribution in [0.4, 0.5) is 0 Å². The first kappa shape index (κ1) is 25.6. The first-order valence-corrected chi connectivity index (χ1v) is 13.1. The number of halogens is 2. The lowest BCUT2D eigenvalue weighted by Crippen LogP contribution is -2.27. The van der Waals surface area contributed by atoms with E-state index in [9.17, 15) is 4.79 Å². The molecule has 0 bridgehead atoms. The number of carbonyl (C=O) groups is 1. The summed E-state index contributed by atoms with van der Waals surface area (Å²) in [6.07, 6.45) is 0.947. The van der Waals surface area contributed by atoms with Crippen molar-refractivity contribution in [2.45, 2.75) is 31.3 Å². The summed E-state index contributed by atoms with van der Waals surface area (Å²) in [6.45, 7) is 3.08. The van der Waals surface area contributed by atoms with E-state index < -0.39 is 0 Å². The van der Waals surface area contributed by atoms with Crippen molar-refractivity contribution in [3.05, 3.63) is 111 Å². The molecule has 5 rings (SSSR count). The van der Waals surface area contributed by atoms with Gasteiger partial charge in [-0.2, -0.15) is 0 Å². The van der Waals surface area contributed by atoms with Crippen molar-refractivity contribution in [2.24, 2.45) is 0 Å². The van der Waals surface area contributed by atoms with Crippen molar-refractivity contribution in [3.63, 3.8) is 0 Å². The van der Waals surface area contributed by atoms with E-state index in [2.05, 4.69) is 42.2 Å². The SMILES string of the molecule is COC(=O)c1ccc(C(C)N2C[C@@H](c3cc(Cl)cc(Cl)c3)C[C@@H]2c2ccc3cc(OC)ccc3c2)cc1. The Balaban J connectivity index is 1.51. The van der Waals surface area contributed by atoms with Gasteiger partial charge in [-0.1, -0.05) is 53.5 Å². The Morgan fingerprint density at radius 3 is 2.22 bits per heavy atom. The van der Waals surface area contributed by atoms with E-state index in [0.29, 0.717) is 15.6 Å². The summed E-state index contributed by atoms with van der Waals surface area (Å²) in [5.74, 6) is 0.804. The van der Waals surface area contributed by atoms with Gasteiger partial charge in [0.05, 0.1) is 19.8 Å². The second kappa shape index (κ2) is 10.7. The quantitative estimate of drug-likeness (QED) is 0.234. The fourth-order valence-electron chi connectivity index (χ4n) is 5.45. The Morgan fingerprint density at radius 1 is 0.865 bits per heavy atom. The lowest BCUT2D eigenvalue weighted by Gasteiger charge is -2.31. The number of benzene rings is 4. The molecule has 0 N–H and O–H groups in total. The minimum absolute atomic E-state index is 0.128. The third-order valence-corrected chi connectivity index (χ3v) is 7.90. The van der Waals surface area contributed by atoms with Crippen LogP contribution in [-0.4, -0.2) is 31.6 Å². The first-order chi connectivity index (χ1) is 17.9. The van der Waals surface area contributed by atoms with Crippen LogP contribution in [0.3, 0.4) is 0 Å². The molecule has 0 amide bonds. The summed E-state index contributed by atoms with van der Waals surface area (Å²) in [6, 6.07) is 26.7. The lowest BCUT2D eigenvalue weighted by atomic mass is 9.93. The van der Waals surface area contributed by atoms with Crippen LogP contribution in [0.25, 0.3) is 10.8 Å². The molecule has 1 saturated heterocycles. The number of hydrogen-bond acceptors (Lipinski definition) is 4. The molecule has 37 heavy (non-hydrogen) atoms. The average Bonchev–Trinajstić information content (AvgIpc) is 3.37. The molecule has 0 aromatic heterocycles. The van der Waals surface area contributed by atoms with E-state index in [-0.39, 0.29) is 24.0 Å². The Morgan fingerprint density at radius 2 is 1.54 bits per heavy atom. The molecule has 1 fully saturated rings. The topological polar surface area (TPSA) is 38.8 Å². The van der Waals surface area contributed by atoms with Gasteiger partial charge in [0, 0.05) is 28.7 Å². The van der Waals surface area contributed by atoms with Crippen molar-refractivity contribution >= 4 is 39.9 Å². The van der Waals surface area contributed by atoms with Gasteiger partial charge in [-0.15, -0.1) is 0 Å². The number of carbonyl (C=O) groups excluding carboxylic acids is 1. The molecule has 0 aliphatic carbocycles. The molecule has 0 spiro atoms. The Bertz CT molecular complexity index is 1420. The van der Waals surface area contributed by atoms with E-state index in [1.54, 1.807) is 13.2 Å². The van der Waals surface area contributed by atoms with Gasteiger partial charge in [-0.25, -0.2) is 4.79 Å². The molecule has 6 heteroatoms. The van der Waals surface area contributed by atoms with Gasteiger partial charge in [-0.3, -0.25) is 4.90 Å². The summed E-state index contributed by atoms with van der Waals surface area (Å²) in [5, 5.41) is 3.65. The number of rotatable bonds is 6. The fraction of sp³-hybridized carbons (Fsp3) is 0.258. The summed E-state index contributed by atoms with van der Waals surface area (Å²) >= 11 is 12.7. The number of ether oxygens (including phenoxy) is 2. The van der Waals surface area contributed by atoms with Gasteiger partial charge >= 0.3 is 5.97 Å². The zero-order valence-corrected chi connectivity index (χ0v) is 22.6. The highest BCUT2D eigenvalue weighted by Crippen LogP contribution is 2.46. The van der Waals surface area contributed by atoms with Crippen LogP contribution in [0.2, 0.25) is 10.0 Å². The third-order valence-electron chi connectivity index (χ3n) is 7.46. The predicted molar refractivity (Wildman–Crippen MR) is 150 cm³/mol. The molecule has 1 aliphatic rings. The molecule has 1 aliphatic heterocycles. The number of fused-ring (bicyclic) bond motifs is 1. The largest absolute Gasteiger partial charge is 0.497 e. The predicted octanol–water partition coefficient (Wildman–Crippen LogP) is 8.23. The molecule has 4 aromatic rings. The lowest BCUT2D eigenvalue weighted by molar-refractivity contribution is 0.0600. The monoisotopic (exact) mass is 533 g/mol. The Hall–Kier alpha value is -3.05. The first-order valence-electron chi connectivity index (χ1n) is 12.3. The highest BCUT2D eigenvalue weighted by molar-refractivity contribution is 6.34. The van der Waals surface area contributed by atoms with Gasteiger partial charge in [0.1, 0.15) is 5.75 Å². The average molecular weight is 534 g/mol. The summed E-state index contributed by atoms with van der Waals surface area (Å²) in [5.41, 5.74) is 4.12. The summed E-state index contributed by atoms with van der Waals surface area (Å²) in [4.78, 5) is 14.5. The van der Waals surface area contributed by atoms with Crippen LogP contribution in [-0.2, 0) is 4.74 Å². The molecule has 1 unspecified atom stereocenters. The van der Waals surface area contributed by atoms with Crippen molar-refractivity contribution < 1.29 is 14.3 Å². The van der Waals surface area contributed by atoms with Crippen LogP contribution in [0.1, 0.15) is 58.4 Å². The molecule has 0 saturated carbocycles. The molecule has 0 radical (unpaired) electrons. The summed E-state index contributed by atoms with van der Waals surface area (Å²) in [7, 11) is 3.09. The minimum Gasteiger partial charge on any atom is -0.497 e. The van der Waals surface area contributed by atoms with Crippen LogP contribution in [0, 0.1) is 0 Å². The summed E-state index contributed by atoms with van der Waals surface area (Å²) < 4.78 is 10.3. The maximum atomic E-state index is 11.9. The van der Waals surface area contributed by atoms with Gasteiger partial charge in [-0.05, 0) is 95.3 Å². The standard InChI is InChI=1S/C31H29Cl2NO3/c1-19(20-4-6-21(7-5-20)31(35)37-3)34-18-26(25-13-27(32)17-28(33)14-25)16-30(34)24-9-8-23-15-29(36-2)11-10-22(23)12-24/h4-15,17,19,26,30H,16,18H2,1-3H3/t19?,26-,30+/m0/s1. The van der Waals surface area contributed by atoms with Crippen LogP contribution in [0.5, 0.6) is 5.75 Å². The molecule has 3 atom stereocenters. The number of methoxy groups -OCH3 is 2. The van der Waals surface area contributed by atoms with E-state index in [4.69, 9.17) is 32.7 Å². The normalized spacial score (nSPS) is 18.6. The zero-order valence-electron chi connectivity index (χ0n) is 21.1. The van der Waals surface area contributed by atoms with Crippen molar-refractivity contribution in [2.75, 3.05) is 20.8 Å². The van der Waals surface area contributed by atoms with E-state index in [0.717, 1.165) is 35.2 Å². The molecule has 190 valence electrons.